The molecule has 0 N–H and O–H groups in total. The number of carbonyl (C=O) groups is 2. The number of hydrogen-bond acceptors (Lipinski definition) is 5. The number of hydrogen-bond donors (Lipinski definition) is 0. The third kappa shape index (κ3) is 4.11. The Morgan fingerprint density at radius 3 is 2.68 bits per heavy atom. The van der Waals surface area contributed by atoms with Crippen LogP contribution in [-0.4, -0.2) is 38.2 Å². The van der Waals surface area contributed by atoms with E-state index in [0.29, 0.717) is 23.1 Å². The Morgan fingerprint density at radius 2 is 1.96 bits per heavy atom. The maximum Gasteiger partial charge on any atom is 0.348 e. The summed E-state index contributed by atoms with van der Waals surface area (Å²) in [6, 6.07) is 13.1. The van der Waals surface area contributed by atoms with Crippen molar-refractivity contribution in [2.24, 2.45) is 0 Å². The quantitative estimate of drug-likeness (QED) is 0.740. The summed E-state index contributed by atoms with van der Waals surface area (Å²) in [6.07, 6.45) is -0.866. The maximum absolute atomic E-state index is 12.9. The van der Waals surface area contributed by atoms with Crippen LogP contribution in [0.3, 0.4) is 0 Å². The Hall–Kier alpha value is -3.02. The van der Waals surface area contributed by atoms with Gasteiger partial charge in [-0.15, -0.1) is 0 Å². The lowest BCUT2D eigenvalue weighted by Gasteiger charge is -2.33. The van der Waals surface area contributed by atoms with Crippen molar-refractivity contribution in [1.29, 1.82) is 0 Å². The van der Waals surface area contributed by atoms with Gasteiger partial charge in [-0.1, -0.05) is 38.1 Å². The van der Waals surface area contributed by atoms with E-state index < -0.39 is 12.1 Å². The third-order valence-electron chi connectivity index (χ3n) is 4.77. The van der Waals surface area contributed by atoms with Gasteiger partial charge in [0.2, 0.25) is 6.10 Å². The zero-order chi connectivity index (χ0) is 20.3. The molecular formula is C22H25NO5. The molecule has 6 heteroatoms. The van der Waals surface area contributed by atoms with Gasteiger partial charge < -0.3 is 19.1 Å². The Balaban J connectivity index is 1.78. The molecule has 3 rings (SSSR count). The molecule has 0 aromatic heterocycles. The molecule has 0 saturated carbocycles. The number of rotatable bonds is 5. The van der Waals surface area contributed by atoms with Crippen molar-refractivity contribution in [2.45, 2.75) is 32.8 Å². The number of nitrogens with zero attached hydrogens (tertiary/aromatic N) is 1. The molecular weight excluding hydrogens is 358 g/mol. The molecule has 0 spiro atoms. The molecule has 1 aliphatic rings. The number of esters is 1. The summed E-state index contributed by atoms with van der Waals surface area (Å²) in [6.45, 7) is 6.11. The number of methoxy groups -OCH3 is 1. The van der Waals surface area contributed by atoms with Gasteiger partial charge in [-0.2, -0.15) is 0 Å². The Labute approximate surface area is 165 Å². The molecule has 0 radical (unpaired) electrons. The molecule has 148 valence electrons. The summed E-state index contributed by atoms with van der Waals surface area (Å²) in [7, 11) is 1.30. The van der Waals surface area contributed by atoms with E-state index in [2.05, 4.69) is 19.9 Å². The van der Waals surface area contributed by atoms with Crippen molar-refractivity contribution in [3.05, 3.63) is 53.6 Å². The molecule has 1 amide bonds. The van der Waals surface area contributed by atoms with Gasteiger partial charge in [-0.3, -0.25) is 4.79 Å². The van der Waals surface area contributed by atoms with E-state index in [9.17, 15) is 9.59 Å². The van der Waals surface area contributed by atoms with Crippen LogP contribution < -0.4 is 14.4 Å². The molecule has 0 fully saturated rings. The second-order valence-electron chi connectivity index (χ2n) is 7.07. The minimum absolute atomic E-state index is 0.0803. The molecule has 28 heavy (non-hydrogen) atoms. The fraction of sp³-hybridized carbons (Fsp3) is 0.364. The van der Waals surface area contributed by atoms with Gasteiger partial charge in [-0.25, -0.2) is 4.79 Å². The number of amides is 1. The van der Waals surface area contributed by atoms with Crippen LogP contribution in [0.2, 0.25) is 0 Å². The first-order chi connectivity index (χ1) is 13.4. The van der Waals surface area contributed by atoms with E-state index in [-0.39, 0.29) is 19.1 Å². The molecule has 0 bridgehead atoms. The lowest BCUT2D eigenvalue weighted by atomic mass is 10.0. The van der Waals surface area contributed by atoms with E-state index in [1.165, 1.54) is 12.0 Å². The van der Waals surface area contributed by atoms with Gasteiger partial charge in [0.1, 0.15) is 11.5 Å². The largest absolute Gasteiger partial charge is 0.483 e. The van der Waals surface area contributed by atoms with Gasteiger partial charge in [0, 0.05) is 0 Å². The van der Waals surface area contributed by atoms with Crippen LogP contribution in [-0.2, 0) is 14.3 Å². The van der Waals surface area contributed by atoms with Crippen LogP contribution in [0.15, 0.2) is 42.5 Å². The molecule has 1 heterocycles. The van der Waals surface area contributed by atoms with Gasteiger partial charge in [0.05, 0.1) is 19.3 Å². The van der Waals surface area contributed by atoms with Crippen LogP contribution in [0, 0.1) is 6.92 Å². The Morgan fingerprint density at radius 1 is 1.21 bits per heavy atom. The minimum Gasteiger partial charge on any atom is -0.483 e. The highest BCUT2D eigenvalue weighted by atomic mass is 16.6. The monoisotopic (exact) mass is 383 g/mol. The zero-order valence-corrected chi connectivity index (χ0v) is 16.6. The summed E-state index contributed by atoms with van der Waals surface area (Å²) in [4.78, 5) is 26.4. The molecule has 0 unspecified atom stereocenters. The van der Waals surface area contributed by atoms with E-state index in [1.807, 2.05) is 25.1 Å². The second-order valence-corrected chi connectivity index (χ2v) is 7.07. The van der Waals surface area contributed by atoms with Gasteiger partial charge in [-0.05, 0) is 42.2 Å². The van der Waals surface area contributed by atoms with Crippen molar-refractivity contribution < 1.29 is 23.8 Å². The van der Waals surface area contributed by atoms with Crippen molar-refractivity contribution in [2.75, 3.05) is 25.2 Å². The Bertz CT molecular complexity index is 877. The standard InChI is InChI=1S/C22H25NO5/c1-14(2)16-10-9-15(3)19(11-16)27-13-21(24)23-12-20(22(25)26-4)28-18-8-6-5-7-17(18)23/h5-11,14,20H,12-13H2,1-4H3/t20-/m1/s1. The van der Waals surface area contributed by atoms with Crippen LogP contribution >= 0.6 is 0 Å². The number of anilines is 1. The summed E-state index contributed by atoms with van der Waals surface area (Å²) in [5.41, 5.74) is 2.73. The van der Waals surface area contributed by atoms with Gasteiger partial charge in [0.15, 0.2) is 6.61 Å². The number of ether oxygens (including phenoxy) is 3. The zero-order valence-electron chi connectivity index (χ0n) is 16.6. The van der Waals surface area contributed by atoms with Crippen molar-refractivity contribution in [3.63, 3.8) is 0 Å². The normalized spacial score (nSPS) is 15.6. The molecule has 1 atom stereocenters. The van der Waals surface area contributed by atoms with Crippen molar-refractivity contribution >= 4 is 17.6 Å². The molecule has 1 aliphatic heterocycles. The second kappa shape index (κ2) is 8.33. The smallest absolute Gasteiger partial charge is 0.348 e. The highest BCUT2D eigenvalue weighted by Gasteiger charge is 2.34. The first-order valence-corrected chi connectivity index (χ1v) is 9.28. The highest BCUT2D eigenvalue weighted by Crippen LogP contribution is 2.33. The predicted molar refractivity (Wildman–Crippen MR) is 106 cm³/mol. The molecule has 0 aliphatic carbocycles. The average Bonchev–Trinajstić information content (AvgIpc) is 2.71. The lowest BCUT2D eigenvalue weighted by molar-refractivity contribution is -0.148. The topological polar surface area (TPSA) is 65.1 Å². The molecule has 2 aromatic carbocycles. The summed E-state index contributed by atoms with van der Waals surface area (Å²) >= 11 is 0. The maximum atomic E-state index is 12.9. The Kier molecular flexibility index (Phi) is 5.87. The van der Waals surface area contributed by atoms with Crippen LogP contribution in [0.25, 0.3) is 0 Å². The molecule has 0 saturated heterocycles. The van der Waals surface area contributed by atoms with Crippen LogP contribution in [0.1, 0.15) is 30.9 Å². The lowest BCUT2D eigenvalue weighted by Crippen LogP contribution is -2.48. The number of aryl methyl sites for hydroxylation is 1. The predicted octanol–water partition coefficient (Wildman–Crippen LogP) is 3.46. The highest BCUT2D eigenvalue weighted by molar-refractivity contribution is 5.97. The summed E-state index contributed by atoms with van der Waals surface area (Å²) < 4.78 is 16.3. The van der Waals surface area contributed by atoms with Crippen LogP contribution in [0.4, 0.5) is 5.69 Å². The van der Waals surface area contributed by atoms with Gasteiger partial charge in [0.25, 0.3) is 5.91 Å². The van der Waals surface area contributed by atoms with E-state index in [4.69, 9.17) is 14.2 Å². The van der Waals surface area contributed by atoms with Crippen LogP contribution in [0.5, 0.6) is 11.5 Å². The fourth-order valence-corrected chi connectivity index (χ4v) is 3.07. The van der Waals surface area contributed by atoms with E-state index >= 15 is 0 Å². The first kappa shape index (κ1) is 19.7. The van der Waals surface area contributed by atoms with E-state index in [1.54, 1.807) is 18.2 Å². The van der Waals surface area contributed by atoms with Crippen molar-refractivity contribution in [3.8, 4) is 11.5 Å². The SMILES string of the molecule is COC(=O)[C@H]1CN(C(=O)COc2cc(C(C)C)ccc2C)c2ccccc2O1. The van der Waals surface area contributed by atoms with Crippen molar-refractivity contribution in [1.82, 2.24) is 0 Å². The van der Waals surface area contributed by atoms with Gasteiger partial charge >= 0.3 is 5.97 Å². The number of carbonyl (C=O) groups excluding carboxylic acids is 2. The first-order valence-electron chi connectivity index (χ1n) is 9.28. The molecule has 6 nitrogen and oxygen atoms in total. The average molecular weight is 383 g/mol. The number of benzene rings is 2. The number of fused-ring (bicyclic) bond motifs is 1. The fourth-order valence-electron chi connectivity index (χ4n) is 3.07. The van der Waals surface area contributed by atoms with E-state index in [0.717, 1.165) is 11.1 Å². The summed E-state index contributed by atoms with van der Waals surface area (Å²) in [5.74, 6) is 0.749. The summed E-state index contributed by atoms with van der Waals surface area (Å²) in [5, 5.41) is 0. The number of para-hydroxylation sites is 2. The minimum atomic E-state index is -0.866. The third-order valence-corrected chi connectivity index (χ3v) is 4.77. The molecule has 2 aromatic rings.